The number of nitrogens with one attached hydrogen (secondary N) is 2. The van der Waals surface area contributed by atoms with Crippen LogP contribution in [0, 0.1) is 6.92 Å². The summed E-state index contributed by atoms with van der Waals surface area (Å²) in [6.07, 6.45) is 4.44. The molecule has 5 nitrogen and oxygen atoms in total. The second-order valence-corrected chi connectivity index (χ2v) is 7.09. The molecule has 1 aliphatic heterocycles. The first-order chi connectivity index (χ1) is 13.6. The van der Waals surface area contributed by atoms with Crippen molar-refractivity contribution in [2.24, 2.45) is 4.99 Å². The Kier molecular flexibility index (Phi) is 9.31. The number of aryl methyl sites for hydroxylation is 1. The lowest BCUT2D eigenvalue weighted by atomic mass is 10.2. The van der Waals surface area contributed by atoms with Gasteiger partial charge in [-0.05, 0) is 49.2 Å². The van der Waals surface area contributed by atoms with E-state index in [1.54, 1.807) is 7.05 Å². The molecule has 0 amide bonds. The molecular weight excluding hydrogens is 475 g/mol. The largest absolute Gasteiger partial charge is 0.489 e. The molecule has 29 heavy (non-hydrogen) atoms. The maximum Gasteiger partial charge on any atom is 0.191 e. The Hall–Kier alpha value is -2.22. The molecule has 156 valence electrons. The predicted molar refractivity (Wildman–Crippen MR) is 133 cm³/mol. The molecule has 1 unspecified atom stereocenters. The van der Waals surface area contributed by atoms with Crippen molar-refractivity contribution in [3.05, 3.63) is 71.8 Å². The summed E-state index contributed by atoms with van der Waals surface area (Å²) in [6.45, 7) is 7.51. The molecule has 1 atom stereocenters. The summed E-state index contributed by atoms with van der Waals surface area (Å²) in [6, 6.07) is 16.8. The van der Waals surface area contributed by atoms with Gasteiger partial charge in [-0.1, -0.05) is 36.4 Å². The van der Waals surface area contributed by atoms with Crippen LogP contribution in [-0.4, -0.2) is 38.7 Å². The first-order valence-electron chi connectivity index (χ1n) is 9.81. The van der Waals surface area contributed by atoms with Gasteiger partial charge in [-0.2, -0.15) is 0 Å². The second kappa shape index (κ2) is 11.7. The Morgan fingerprint density at radius 2 is 1.83 bits per heavy atom. The quantitative estimate of drug-likeness (QED) is 0.257. The van der Waals surface area contributed by atoms with Crippen molar-refractivity contribution < 1.29 is 4.74 Å². The average Bonchev–Trinajstić information content (AvgIpc) is 3.23. The van der Waals surface area contributed by atoms with E-state index in [0.29, 0.717) is 6.54 Å². The zero-order chi connectivity index (χ0) is 19.8. The maximum atomic E-state index is 5.96. The van der Waals surface area contributed by atoms with Crippen LogP contribution in [0.4, 0.5) is 5.69 Å². The van der Waals surface area contributed by atoms with Crippen molar-refractivity contribution in [2.45, 2.75) is 26.5 Å². The van der Waals surface area contributed by atoms with Crippen molar-refractivity contribution in [1.82, 2.24) is 10.6 Å². The van der Waals surface area contributed by atoms with Gasteiger partial charge in [-0.15, -0.1) is 24.0 Å². The van der Waals surface area contributed by atoms with Crippen LogP contribution in [0.1, 0.15) is 18.1 Å². The Bertz CT molecular complexity index is 812. The Morgan fingerprint density at radius 3 is 2.48 bits per heavy atom. The highest BCUT2D eigenvalue weighted by molar-refractivity contribution is 14.0. The SMILES string of the molecule is CN=C(NCc1ccc(N2CC=CC2)cc1)NCC(C)Oc1cccc(C)c1.I. The first-order valence-corrected chi connectivity index (χ1v) is 9.81. The van der Waals surface area contributed by atoms with E-state index in [0.717, 1.165) is 31.3 Å². The van der Waals surface area contributed by atoms with Crippen LogP contribution in [0.3, 0.4) is 0 Å². The van der Waals surface area contributed by atoms with Gasteiger partial charge in [-0.25, -0.2) is 0 Å². The molecule has 0 saturated heterocycles. The minimum absolute atomic E-state index is 0. The molecule has 1 heterocycles. The molecule has 0 bridgehead atoms. The van der Waals surface area contributed by atoms with Gasteiger partial charge in [0.2, 0.25) is 0 Å². The number of rotatable bonds is 7. The third kappa shape index (κ3) is 7.27. The van der Waals surface area contributed by atoms with Crippen LogP contribution in [-0.2, 0) is 6.54 Å². The van der Waals surface area contributed by atoms with Gasteiger partial charge in [0.05, 0.1) is 6.54 Å². The maximum absolute atomic E-state index is 5.96. The highest BCUT2D eigenvalue weighted by atomic mass is 127. The number of anilines is 1. The smallest absolute Gasteiger partial charge is 0.191 e. The minimum Gasteiger partial charge on any atom is -0.489 e. The molecule has 2 aromatic rings. The van der Waals surface area contributed by atoms with Gasteiger partial charge >= 0.3 is 0 Å². The fraction of sp³-hybridized carbons (Fsp3) is 0.348. The highest BCUT2D eigenvalue weighted by Crippen LogP contribution is 2.17. The van der Waals surface area contributed by atoms with E-state index in [2.05, 4.69) is 76.9 Å². The van der Waals surface area contributed by atoms with Gasteiger partial charge in [-0.3, -0.25) is 4.99 Å². The Balaban J connectivity index is 0.00000300. The van der Waals surface area contributed by atoms with E-state index >= 15 is 0 Å². The van der Waals surface area contributed by atoms with E-state index in [4.69, 9.17) is 4.74 Å². The lowest BCUT2D eigenvalue weighted by molar-refractivity contribution is 0.223. The van der Waals surface area contributed by atoms with Crippen molar-refractivity contribution >= 4 is 35.6 Å². The third-order valence-corrected chi connectivity index (χ3v) is 4.69. The molecule has 1 aliphatic rings. The fourth-order valence-electron chi connectivity index (χ4n) is 3.12. The first kappa shape index (κ1) is 23.1. The van der Waals surface area contributed by atoms with Crippen molar-refractivity contribution in [3.63, 3.8) is 0 Å². The van der Waals surface area contributed by atoms with E-state index in [9.17, 15) is 0 Å². The predicted octanol–water partition coefficient (Wildman–Crippen LogP) is 4.12. The molecule has 2 aromatic carbocycles. The molecule has 0 fully saturated rings. The molecule has 0 aliphatic carbocycles. The van der Waals surface area contributed by atoms with Gasteiger partial charge in [0.1, 0.15) is 11.9 Å². The number of hydrogen-bond donors (Lipinski definition) is 2. The number of halogens is 1. The van der Waals surface area contributed by atoms with Crippen LogP contribution in [0.2, 0.25) is 0 Å². The molecule has 2 N–H and O–H groups in total. The summed E-state index contributed by atoms with van der Waals surface area (Å²) < 4.78 is 5.96. The van der Waals surface area contributed by atoms with Gasteiger partial charge in [0.15, 0.2) is 5.96 Å². The van der Waals surface area contributed by atoms with Crippen molar-refractivity contribution in [2.75, 3.05) is 31.6 Å². The lowest BCUT2D eigenvalue weighted by Crippen LogP contribution is -2.41. The summed E-state index contributed by atoms with van der Waals surface area (Å²) in [4.78, 5) is 6.64. The number of hydrogen-bond acceptors (Lipinski definition) is 3. The van der Waals surface area contributed by atoms with E-state index < -0.39 is 0 Å². The molecule has 0 radical (unpaired) electrons. The highest BCUT2D eigenvalue weighted by Gasteiger charge is 2.08. The van der Waals surface area contributed by atoms with Crippen LogP contribution in [0.25, 0.3) is 0 Å². The molecule has 3 rings (SSSR count). The number of ether oxygens (including phenoxy) is 1. The Morgan fingerprint density at radius 1 is 1.10 bits per heavy atom. The molecule has 6 heteroatoms. The van der Waals surface area contributed by atoms with Gasteiger partial charge in [0, 0.05) is 32.4 Å². The summed E-state index contributed by atoms with van der Waals surface area (Å²) in [7, 11) is 1.78. The third-order valence-electron chi connectivity index (χ3n) is 4.69. The number of benzene rings is 2. The molecular formula is C23H31IN4O. The van der Waals surface area contributed by atoms with E-state index in [1.165, 1.54) is 16.8 Å². The van der Waals surface area contributed by atoms with Crippen LogP contribution in [0.15, 0.2) is 65.7 Å². The topological polar surface area (TPSA) is 48.9 Å². The normalized spacial score (nSPS) is 14.3. The van der Waals surface area contributed by atoms with E-state index in [1.807, 2.05) is 18.2 Å². The van der Waals surface area contributed by atoms with E-state index in [-0.39, 0.29) is 30.1 Å². The lowest BCUT2D eigenvalue weighted by Gasteiger charge is -2.19. The van der Waals surface area contributed by atoms with Crippen molar-refractivity contribution in [1.29, 1.82) is 0 Å². The standard InChI is InChI=1S/C23H30N4O.HI/c1-18-7-6-8-22(15-18)28-19(2)16-25-23(24-3)26-17-20-9-11-21(12-10-20)27-13-4-5-14-27;/h4-12,15,19H,13-14,16-17H2,1-3H3,(H2,24,25,26);1H. The van der Waals surface area contributed by atoms with Crippen LogP contribution < -0.4 is 20.3 Å². The zero-order valence-electron chi connectivity index (χ0n) is 17.4. The van der Waals surface area contributed by atoms with Crippen molar-refractivity contribution in [3.8, 4) is 5.75 Å². The monoisotopic (exact) mass is 506 g/mol. The van der Waals surface area contributed by atoms with Gasteiger partial charge in [0.25, 0.3) is 0 Å². The fourth-order valence-corrected chi connectivity index (χ4v) is 3.12. The average molecular weight is 506 g/mol. The summed E-state index contributed by atoms with van der Waals surface area (Å²) in [5, 5.41) is 6.69. The van der Waals surface area contributed by atoms with Crippen LogP contribution >= 0.6 is 24.0 Å². The summed E-state index contributed by atoms with van der Waals surface area (Å²) in [5.74, 6) is 1.66. The van der Waals surface area contributed by atoms with Gasteiger partial charge < -0.3 is 20.3 Å². The Labute approximate surface area is 191 Å². The summed E-state index contributed by atoms with van der Waals surface area (Å²) >= 11 is 0. The minimum atomic E-state index is 0. The molecule has 0 saturated carbocycles. The summed E-state index contributed by atoms with van der Waals surface area (Å²) in [5.41, 5.74) is 3.68. The molecule has 0 spiro atoms. The zero-order valence-corrected chi connectivity index (χ0v) is 19.7. The molecule has 0 aromatic heterocycles. The van der Waals surface area contributed by atoms with Crippen LogP contribution in [0.5, 0.6) is 5.75 Å². The number of guanidine groups is 1. The second-order valence-electron chi connectivity index (χ2n) is 7.09. The number of aliphatic imine (C=N–C) groups is 1. The number of nitrogens with zero attached hydrogens (tertiary/aromatic N) is 2.